The zero-order chi connectivity index (χ0) is 11.8. The lowest BCUT2D eigenvalue weighted by molar-refractivity contribution is 0.0697. The quantitative estimate of drug-likeness (QED) is 0.877. The van der Waals surface area contributed by atoms with Crippen LogP contribution in [0.2, 0.25) is 0 Å². The van der Waals surface area contributed by atoms with Gasteiger partial charge in [0.2, 0.25) is 0 Å². The first kappa shape index (κ1) is 11.1. The number of aromatic carboxylic acids is 1. The van der Waals surface area contributed by atoms with Crippen molar-refractivity contribution in [3.05, 3.63) is 29.8 Å². The minimum absolute atomic E-state index is 0.199. The average Bonchev–Trinajstić information content (AvgIpc) is 3.01. The topological polar surface area (TPSA) is 66.7 Å². The van der Waals surface area contributed by atoms with Crippen LogP contribution in [0.5, 0.6) is 0 Å². The Balaban J connectivity index is 2.34. The van der Waals surface area contributed by atoms with Gasteiger partial charge in [0.1, 0.15) is 0 Å². The Labute approximate surface area is 94.5 Å². The third-order valence-corrected chi connectivity index (χ3v) is 4.28. The molecule has 1 atom stereocenters. The molecule has 2 rings (SSSR count). The fraction of sp³-hybridized carbons (Fsp3) is 0.364. The third kappa shape index (κ3) is 2.41. The molecule has 5 heteroatoms. The number of hydrogen-bond donors (Lipinski definition) is 1. The molecule has 1 fully saturated rings. The van der Waals surface area contributed by atoms with Gasteiger partial charge in [0, 0.05) is 11.2 Å². The predicted octanol–water partition coefficient (Wildman–Crippen LogP) is 2.00. The number of benzene rings is 1. The molecule has 1 aromatic rings. The molecule has 86 valence electrons. The molecule has 0 amide bonds. The lowest BCUT2D eigenvalue weighted by Gasteiger charge is -2.04. The highest BCUT2D eigenvalue weighted by atomic mass is 32.2. The van der Waals surface area contributed by atoms with Crippen molar-refractivity contribution in [2.75, 3.05) is 6.26 Å². The highest BCUT2D eigenvalue weighted by molar-refractivity contribution is 7.93. The third-order valence-electron chi connectivity index (χ3n) is 2.44. The monoisotopic (exact) mass is 239 g/mol. The maximum atomic E-state index is 12.2. The Bertz CT molecular complexity index is 523. The van der Waals surface area contributed by atoms with Gasteiger partial charge >= 0.3 is 5.97 Å². The molecular weight excluding hydrogens is 226 g/mol. The predicted molar refractivity (Wildman–Crippen MR) is 61.2 cm³/mol. The molecule has 0 heterocycles. The maximum absolute atomic E-state index is 12.2. The normalized spacial score (nSPS) is 18.8. The summed E-state index contributed by atoms with van der Waals surface area (Å²) in [7, 11) is -2.36. The maximum Gasteiger partial charge on any atom is 0.335 e. The first-order valence-corrected chi connectivity index (χ1v) is 6.96. The van der Waals surface area contributed by atoms with Gasteiger partial charge < -0.3 is 5.11 Å². The van der Waals surface area contributed by atoms with E-state index >= 15 is 0 Å². The van der Waals surface area contributed by atoms with E-state index in [1.54, 1.807) is 18.4 Å². The molecule has 0 bridgehead atoms. The molecule has 0 aliphatic heterocycles. The molecule has 16 heavy (non-hydrogen) atoms. The van der Waals surface area contributed by atoms with E-state index in [0.717, 1.165) is 12.8 Å². The van der Waals surface area contributed by atoms with Crippen molar-refractivity contribution in [1.82, 2.24) is 0 Å². The second-order valence-electron chi connectivity index (χ2n) is 3.97. The van der Waals surface area contributed by atoms with Crippen molar-refractivity contribution >= 4 is 15.7 Å². The summed E-state index contributed by atoms with van der Waals surface area (Å²) in [4.78, 5) is 11.3. The molecule has 1 aliphatic carbocycles. The minimum atomic E-state index is -2.36. The Kier molecular flexibility index (Phi) is 2.71. The largest absolute Gasteiger partial charge is 0.478 e. The summed E-state index contributed by atoms with van der Waals surface area (Å²) in [6.07, 6.45) is 3.62. The Morgan fingerprint density at radius 2 is 1.94 bits per heavy atom. The molecule has 1 unspecified atom stereocenters. The molecule has 0 aromatic heterocycles. The van der Waals surface area contributed by atoms with E-state index in [2.05, 4.69) is 4.36 Å². The Hall–Kier alpha value is -1.36. The van der Waals surface area contributed by atoms with Gasteiger partial charge in [-0.1, -0.05) is 0 Å². The Morgan fingerprint density at radius 3 is 2.38 bits per heavy atom. The first-order valence-electron chi connectivity index (χ1n) is 5.04. The number of rotatable bonds is 3. The Morgan fingerprint density at radius 1 is 1.38 bits per heavy atom. The van der Waals surface area contributed by atoms with E-state index in [-0.39, 0.29) is 11.6 Å². The fourth-order valence-electron chi connectivity index (χ4n) is 1.38. The van der Waals surface area contributed by atoms with Gasteiger partial charge in [0.05, 0.1) is 21.3 Å². The van der Waals surface area contributed by atoms with Crippen molar-refractivity contribution in [1.29, 1.82) is 0 Å². The van der Waals surface area contributed by atoms with Crippen LogP contribution in [0, 0.1) is 0 Å². The van der Waals surface area contributed by atoms with E-state index in [0.29, 0.717) is 4.90 Å². The number of carboxylic acid groups (broad SMARTS) is 1. The average molecular weight is 239 g/mol. The molecule has 1 saturated carbocycles. The molecule has 0 spiro atoms. The van der Waals surface area contributed by atoms with Crippen LogP contribution >= 0.6 is 0 Å². The summed E-state index contributed by atoms with van der Waals surface area (Å²) in [5.41, 5.74) is 0.199. The lowest BCUT2D eigenvalue weighted by Crippen LogP contribution is -2.01. The van der Waals surface area contributed by atoms with E-state index in [4.69, 9.17) is 5.11 Å². The summed E-state index contributed by atoms with van der Waals surface area (Å²) in [5.74, 6) is -0.978. The van der Waals surface area contributed by atoms with Crippen molar-refractivity contribution in [2.24, 2.45) is 4.36 Å². The van der Waals surface area contributed by atoms with E-state index in [1.165, 1.54) is 12.1 Å². The van der Waals surface area contributed by atoms with Crippen LogP contribution in [0.1, 0.15) is 23.2 Å². The van der Waals surface area contributed by atoms with Crippen LogP contribution in [-0.4, -0.2) is 27.6 Å². The number of carbonyl (C=O) groups is 1. The van der Waals surface area contributed by atoms with Crippen molar-refractivity contribution in [3.63, 3.8) is 0 Å². The number of hydrogen-bond acceptors (Lipinski definition) is 3. The van der Waals surface area contributed by atoms with Crippen molar-refractivity contribution < 1.29 is 14.1 Å². The van der Waals surface area contributed by atoms with E-state index < -0.39 is 15.7 Å². The first-order chi connectivity index (χ1) is 7.49. The van der Waals surface area contributed by atoms with Crippen molar-refractivity contribution in [3.8, 4) is 0 Å². The molecule has 1 N–H and O–H groups in total. The van der Waals surface area contributed by atoms with Crippen LogP contribution in [0.4, 0.5) is 0 Å². The fourth-order valence-corrected chi connectivity index (χ4v) is 2.92. The van der Waals surface area contributed by atoms with Crippen LogP contribution in [0.25, 0.3) is 0 Å². The molecular formula is C11H13NO3S. The van der Waals surface area contributed by atoms with Crippen LogP contribution in [0.15, 0.2) is 33.5 Å². The van der Waals surface area contributed by atoms with Crippen molar-refractivity contribution in [2.45, 2.75) is 23.8 Å². The van der Waals surface area contributed by atoms with Gasteiger partial charge in [0.25, 0.3) is 0 Å². The SMILES string of the molecule is CS(=O)(=NC1CC1)c1ccc(C(=O)O)cc1. The van der Waals surface area contributed by atoms with Gasteiger partial charge in [-0.15, -0.1) is 0 Å². The molecule has 4 nitrogen and oxygen atoms in total. The van der Waals surface area contributed by atoms with Crippen LogP contribution in [-0.2, 0) is 9.73 Å². The van der Waals surface area contributed by atoms with Gasteiger partial charge in [0.15, 0.2) is 0 Å². The van der Waals surface area contributed by atoms with Gasteiger partial charge in [-0.3, -0.25) is 0 Å². The zero-order valence-electron chi connectivity index (χ0n) is 8.92. The van der Waals surface area contributed by atoms with Crippen LogP contribution < -0.4 is 0 Å². The minimum Gasteiger partial charge on any atom is -0.478 e. The van der Waals surface area contributed by atoms with E-state index in [9.17, 15) is 9.00 Å². The van der Waals surface area contributed by atoms with Gasteiger partial charge in [-0.25, -0.2) is 13.4 Å². The molecule has 1 aliphatic rings. The van der Waals surface area contributed by atoms with E-state index in [1.807, 2.05) is 0 Å². The molecule has 0 radical (unpaired) electrons. The highest BCUT2D eigenvalue weighted by Crippen LogP contribution is 2.27. The summed E-state index contributed by atoms with van der Waals surface area (Å²) < 4.78 is 16.5. The second-order valence-corrected chi connectivity index (χ2v) is 6.26. The lowest BCUT2D eigenvalue weighted by atomic mass is 10.2. The van der Waals surface area contributed by atoms with Crippen LogP contribution in [0.3, 0.4) is 0 Å². The summed E-state index contributed by atoms with van der Waals surface area (Å²) in [6, 6.07) is 6.32. The second kappa shape index (κ2) is 3.90. The molecule has 0 saturated heterocycles. The van der Waals surface area contributed by atoms with Gasteiger partial charge in [-0.05, 0) is 37.1 Å². The standard InChI is InChI=1S/C11H13NO3S/c1-16(15,12-9-4-5-9)10-6-2-8(3-7-10)11(13)14/h2-3,6-7,9H,4-5H2,1H3,(H,13,14). The zero-order valence-corrected chi connectivity index (χ0v) is 9.74. The summed E-state index contributed by atoms with van der Waals surface area (Å²) in [5, 5.41) is 8.74. The summed E-state index contributed by atoms with van der Waals surface area (Å²) >= 11 is 0. The van der Waals surface area contributed by atoms with Gasteiger partial charge in [-0.2, -0.15) is 0 Å². The summed E-state index contributed by atoms with van der Waals surface area (Å²) in [6.45, 7) is 0. The molecule has 1 aromatic carbocycles. The number of nitrogens with zero attached hydrogens (tertiary/aromatic N) is 1. The number of carboxylic acids is 1. The highest BCUT2D eigenvalue weighted by Gasteiger charge is 2.22. The smallest absolute Gasteiger partial charge is 0.335 e.